The maximum atomic E-state index is 12.5. The number of amides is 3. The number of carboxylic acid groups (broad SMARTS) is 1. The summed E-state index contributed by atoms with van der Waals surface area (Å²) in [6, 6.07) is -2.63. The Bertz CT molecular complexity index is 531. The third kappa shape index (κ3) is 6.60. The lowest BCUT2D eigenvalue weighted by Crippen LogP contribution is -2.60. The van der Waals surface area contributed by atoms with Crippen LogP contribution in [0.15, 0.2) is 0 Å². The highest BCUT2D eigenvalue weighted by molar-refractivity contribution is 5.94. The number of aliphatic hydroxyl groups is 1. The highest BCUT2D eigenvalue weighted by atomic mass is 16.4. The van der Waals surface area contributed by atoms with Crippen LogP contribution in [0.5, 0.6) is 0 Å². The lowest BCUT2D eigenvalue weighted by atomic mass is 10.0. The van der Waals surface area contributed by atoms with Crippen molar-refractivity contribution in [3.05, 3.63) is 0 Å². The number of hydrogen-bond donors (Lipinski definition) is 6. The van der Waals surface area contributed by atoms with Crippen molar-refractivity contribution in [1.29, 1.82) is 0 Å². The van der Waals surface area contributed by atoms with Gasteiger partial charge in [0.05, 0.1) is 12.1 Å². The Morgan fingerprint density at radius 2 is 1.73 bits per heavy atom. The predicted octanol–water partition coefficient (Wildman–Crippen LogP) is -2.05. The second-order valence-corrected chi connectivity index (χ2v) is 6.72. The smallest absolute Gasteiger partial charge is 0.322 e. The molecule has 1 rings (SSSR count). The van der Waals surface area contributed by atoms with Crippen LogP contribution < -0.4 is 21.3 Å². The Hall–Kier alpha value is -2.20. The van der Waals surface area contributed by atoms with E-state index in [0.717, 1.165) is 6.42 Å². The minimum absolute atomic E-state index is 0.324. The zero-order chi connectivity index (χ0) is 19.9. The van der Waals surface area contributed by atoms with E-state index in [9.17, 15) is 24.3 Å². The highest BCUT2D eigenvalue weighted by Crippen LogP contribution is 2.07. The Balaban J connectivity index is 2.74. The third-order valence-electron chi connectivity index (χ3n) is 4.10. The van der Waals surface area contributed by atoms with Crippen molar-refractivity contribution < 1.29 is 29.4 Å². The Morgan fingerprint density at radius 3 is 2.19 bits per heavy atom. The Kier molecular flexibility index (Phi) is 8.46. The van der Waals surface area contributed by atoms with E-state index in [1.807, 2.05) is 0 Å². The molecule has 1 aliphatic heterocycles. The van der Waals surface area contributed by atoms with E-state index in [0.29, 0.717) is 13.0 Å². The molecule has 4 unspecified atom stereocenters. The fourth-order valence-corrected chi connectivity index (χ4v) is 2.62. The monoisotopic (exact) mass is 372 g/mol. The molecule has 1 saturated heterocycles. The molecule has 10 nitrogen and oxygen atoms in total. The van der Waals surface area contributed by atoms with Gasteiger partial charge in [-0.3, -0.25) is 19.2 Å². The number of hydrogen-bond acceptors (Lipinski definition) is 6. The largest absolute Gasteiger partial charge is 0.480 e. The van der Waals surface area contributed by atoms with Crippen LogP contribution in [0.25, 0.3) is 0 Å². The minimum Gasteiger partial charge on any atom is -0.480 e. The van der Waals surface area contributed by atoms with Crippen LogP contribution in [-0.2, 0) is 19.2 Å². The van der Waals surface area contributed by atoms with Crippen molar-refractivity contribution in [2.45, 2.75) is 57.8 Å². The number of carbonyl (C=O) groups excluding carboxylic acids is 3. The molecular weight excluding hydrogens is 344 g/mol. The van der Waals surface area contributed by atoms with Gasteiger partial charge in [0.1, 0.15) is 18.6 Å². The second kappa shape index (κ2) is 10.1. The molecule has 26 heavy (non-hydrogen) atoms. The fourth-order valence-electron chi connectivity index (χ4n) is 2.62. The van der Waals surface area contributed by atoms with Gasteiger partial charge in [-0.1, -0.05) is 13.8 Å². The summed E-state index contributed by atoms with van der Waals surface area (Å²) in [4.78, 5) is 47.4. The molecule has 1 aliphatic rings. The molecule has 3 amide bonds. The van der Waals surface area contributed by atoms with Crippen LogP contribution in [0.1, 0.15) is 33.6 Å². The fraction of sp³-hybridized carbons (Fsp3) is 0.750. The van der Waals surface area contributed by atoms with Crippen molar-refractivity contribution in [2.24, 2.45) is 5.92 Å². The molecule has 0 aromatic rings. The highest BCUT2D eigenvalue weighted by Gasteiger charge is 2.33. The van der Waals surface area contributed by atoms with Gasteiger partial charge in [-0.25, -0.2) is 0 Å². The molecule has 0 spiro atoms. The van der Waals surface area contributed by atoms with Gasteiger partial charge in [0.2, 0.25) is 17.7 Å². The molecule has 0 radical (unpaired) electrons. The van der Waals surface area contributed by atoms with Gasteiger partial charge in [-0.15, -0.1) is 0 Å². The van der Waals surface area contributed by atoms with Gasteiger partial charge < -0.3 is 31.5 Å². The first-order valence-electron chi connectivity index (χ1n) is 8.65. The van der Waals surface area contributed by atoms with Gasteiger partial charge >= 0.3 is 5.97 Å². The van der Waals surface area contributed by atoms with Crippen molar-refractivity contribution in [3.63, 3.8) is 0 Å². The average molecular weight is 372 g/mol. The first kappa shape index (κ1) is 21.8. The molecule has 6 N–H and O–H groups in total. The van der Waals surface area contributed by atoms with Crippen molar-refractivity contribution in [3.8, 4) is 0 Å². The van der Waals surface area contributed by atoms with E-state index in [2.05, 4.69) is 21.3 Å². The summed E-state index contributed by atoms with van der Waals surface area (Å²) in [6.07, 6.45) is 0.324. The number of nitrogens with one attached hydrogen (secondary N) is 4. The van der Waals surface area contributed by atoms with Crippen molar-refractivity contribution >= 4 is 23.7 Å². The van der Waals surface area contributed by atoms with E-state index >= 15 is 0 Å². The number of carboxylic acids is 1. The number of carbonyl (C=O) groups is 4. The predicted molar refractivity (Wildman–Crippen MR) is 92.1 cm³/mol. The van der Waals surface area contributed by atoms with E-state index in [4.69, 9.17) is 5.11 Å². The number of aliphatic hydroxyl groups excluding tert-OH is 1. The van der Waals surface area contributed by atoms with E-state index in [-0.39, 0.29) is 11.8 Å². The normalized spacial score (nSPS) is 20.1. The summed E-state index contributed by atoms with van der Waals surface area (Å²) in [7, 11) is 0. The molecule has 4 atom stereocenters. The molecule has 1 fully saturated rings. The molecule has 148 valence electrons. The lowest BCUT2D eigenvalue weighted by Gasteiger charge is -2.27. The van der Waals surface area contributed by atoms with Gasteiger partial charge in [-0.2, -0.15) is 0 Å². The molecule has 10 heteroatoms. The topological polar surface area (TPSA) is 157 Å². The zero-order valence-electron chi connectivity index (χ0n) is 15.2. The molecule has 0 bridgehead atoms. The van der Waals surface area contributed by atoms with Crippen molar-refractivity contribution in [1.82, 2.24) is 21.3 Å². The van der Waals surface area contributed by atoms with E-state index in [1.54, 1.807) is 13.8 Å². The van der Waals surface area contributed by atoms with Crippen LogP contribution in [0.3, 0.4) is 0 Å². The second-order valence-electron chi connectivity index (χ2n) is 6.72. The van der Waals surface area contributed by atoms with Gasteiger partial charge in [0.15, 0.2) is 0 Å². The van der Waals surface area contributed by atoms with E-state index < -0.39 is 48.6 Å². The first-order valence-corrected chi connectivity index (χ1v) is 8.65. The summed E-state index contributed by atoms with van der Waals surface area (Å²) in [5.74, 6) is -3.28. The quantitative estimate of drug-likeness (QED) is 0.272. The maximum absolute atomic E-state index is 12.5. The molecule has 0 aliphatic carbocycles. The summed E-state index contributed by atoms with van der Waals surface area (Å²) < 4.78 is 0. The maximum Gasteiger partial charge on any atom is 0.322 e. The molecular formula is C16H28N4O6. The summed E-state index contributed by atoms with van der Waals surface area (Å²) >= 11 is 0. The lowest BCUT2D eigenvalue weighted by molar-refractivity contribution is -0.139. The SMILES string of the molecule is CC(C)C(NC(=O)C(NC(=O)C1CCCN1)C(C)O)C(=O)NCC(=O)O. The minimum atomic E-state index is -1.22. The Labute approximate surface area is 152 Å². The molecule has 0 saturated carbocycles. The van der Waals surface area contributed by atoms with Crippen LogP contribution in [0.4, 0.5) is 0 Å². The van der Waals surface area contributed by atoms with E-state index in [1.165, 1.54) is 6.92 Å². The zero-order valence-corrected chi connectivity index (χ0v) is 15.2. The van der Waals surface area contributed by atoms with Crippen LogP contribution in [0.2, 0.25) is 0 Å². The number of aliphatic carboxylic acids is 1. The third-order valence-corrected chi connectivity index (χ3v) is 4.10. The van der Waals surface area contributed by atoms with Gasteiger partial charge in [0.25, 0.3) is 0 Å². The average Bonchev–Trinajstić information content (AvgIpc) is 3.08. The summed E-state index contributed by atoms with van der Waals surface area (Å²) in [6.45, 7) is 4.87. The standard InChI is InChI=1S/C16H28N4O6/c1-8(2)12(15(25)18-7-11(22)23)19-16(26)13(9(3)21)20-14(24)10-5-4-6-17-10/h8-10,12-13,17,21H,4-7H2,1-3H3,(H,18,25)(H,19,26)(H,20,24)(H,22,23). The molecule has 0 aromatic carbocycles. The Morgan fingerprint density at radius 1 is 1.08 bits per heavy atom. The van der Waals surface area contributed by atoms with Crippen LogP contribution in [-0.4, -0.2) is 71.2 Å². The van der Waals surface area contributed by atoms with Crippen molar-refractivity contribution in [2.75, 3.05) is 13.1 Å². The molecule has 0 aromatic heterocycles. The van der Waals surface area contributed by atoms with Crippen LogP contribution in [0, 0.1) is 5.92 Å². The number of rotatable bonds is 9. The van der Waals surface area contributed by atoms with Gasteiger partial charge in [0, 0.05) is 0 Å². The molecule has 1 heterocycles. The van der Waals surface area contributed by atoms with Crippen LogP contribution >= 0.6 is 0 Å². The summed E-state index contributed by atoms with van der Waals surface area (Å²) in [5, 5.41) is 28.7. The first-order chi connectivity index (χ1) is 12.1. The summed E-state index contributed by atoms with van der Waals surface area (Å²) in [5.41, 5.74) is 0. The van der Waals surface area contributed by atoms with Gasteiger partial charge in [-0.05, 0) is 32.2 Å².